The first kappa shape index (κ1) is 20.4. The lowest BCUT2D eigenvalue weighted by Gasteiger charge is -2.31. The van der Waals surface area contributed by atoms with Gasteiger partial charge in [-0.15, -0.1) is 24.8 Å². The van der Waals surface area contributed by atoms with Crippen LogP contribution < -0.4 is 11.1 Å². The van der Waals surface area contributed by atoms with E-state index in [0.717, 1.165) is 37.7 Å². The molecule has 0 radical (unpaired) electrons. The Labute approximate surface area is 154 Å². The molecule has 0 unspecified atom stereocenters. The number of amides is 1. The maximum atomic E-state index is 12.4. The van der Waals surface area contributed by atoms with Gasteiger partial charge in [-0.25, -0.2) is 0 Å². The molecule has 1 fully saturated rings. The number of halogens is 2. The quantitative estimate of drug-likeness (QED) is 0.864. The molecule has 1 saturated carbocycles. The van der Waals surface area contributed by atoms with Crippen molar-refractivity contribution in [2.75, 3.05) is 5.32 Å². The van der Waals surface area contributed by atoms with Crippen molar-refractivity contribution in [1.82, 2.24) is 14.8 Å². The number of hydrogen-bond acceptors (Lipinski definition) is 4. The van der Waals surface area contributed by atoms with Crippen LogP contribution in [0.2, 0.25) is 0 Å². The predicted octanol–water partition coefficient (Wildman–Crippen LogP) is 2.77. The highest BCUT2D eigenvalue weighted by atomic mass is 35.5. The Morgan fingerprint density at radius 2 is 1.88 bits per heavy atom. The zero-order valence-corrected chi connectivity index (χ0v) is 15.0. The molecular weight excluding hydrogens is 349 g/mol. The molecule has 8 heteroatoms. The van der Waals surface area contributed by atoms with Crippen LogP contribution in [0.3, 0.4) is 0 Å². The Bertz CT molecular complexity index is 641. The number of nitrogens with two attached hydrogens (primary N) is 1. The van der Waals surface area contributed by atoms with Gasteiger partial charge in [-0.2, -0.15) is 5.10 Å². The summed E-state index contributed by atoms with van der Waals surface area (Å²) in [4.78, 5) is 16.4. The summed E-state index contributed by atoms with van der Waals surface area (Å²) in [5.74, 6) is -0.101. The van der Waals surface area contributed by atoms with Crippen LogP contribution in [0, 0.1) is 0 Å². The van der Waals surface area contributed by atoms with E-state index in [1.807, 2.05) is 18.3 Å². The van der Waals surface area contributed by atoms with Crippen molar-refractivity contribution in [2.45, 2.75) is 44.2 Å². The molecule has 3 N–H and O–H groups in total. The van der Waals surface area contributed by atoms with Gasteiger partial charge >= 0.3 is 0 Å². The molecule has 2 heterocycles. The summed E-state index contributed by atoms with van der Waals surface area (Å²) in [6, 6.07) is 3.88. The van der Waals surface area contributed by atoms with Crippen LogP contribution in [-0.4, -0.2) is 26.2 Å². The molecule has 3 rings (SSSR count). The molecule has 0 aliphatic heterocycles. The van der Waals surface area contributed by atoms with Crippen molar-refractivity contribution in [3.05, 3.63) is 42.5 Å². The molecule has 2 aromatic rings. The van der Waals surface area contributed by atoms with Gasteiger partial charge in [-0.3, -0.25) is 14.5 Å². The highest BCUT2D eigenvalue weighted by Gasteiger charge is 2.35. The van der Waals surface area contributed by atoms with Gasteiger partial charge < -0.3 is 11.1 Å². The molecule has 1 aliphatic rings. The monoisotopic (exact) mass is 371 g/mol. The standard InChI is InChI=1S/C16H21N5O.2ClH/c17-16(6-2-1-3-7-16)15(22)20-14-10-19-21(12-14)11-13-4-8-18-9-5-13;;/h4-5,8-10,12H,1-3,6-7,11,17H2,(H,20,22);2*1H. The second kappa shape index (κ2) is 9.01. The fourth-order valence-electron chi connectivity index (χ4n) is 2.86. The number of nitrogens with zero attached hydrogens (tertiary/aromatic N) is 3. The Morgan fingerprint density at radius 3 is 2.54 bits per heavy atom. The molecule has 1 aliphatic carbocycles. The van der Waals surface area contributed by atoms with E-state index in [2.05, 4.69) is 15.4 Å². The Hall–Kier alpha value is -1.63. The molecule has 24 heavy (non-hydrogen) atoms. The normalized spacial score (nSPS) is 15.7. The van der Waals surface area contributed by atoms with Gasteiger partial charge in [0.05, 0.1) is 24.0 Å². The maximum Gasteiger partial charge on any atom is 0.244 e. The average molecular weight is 372 g/mol. The summed E-state index contributed by atoms with van der Waals surface area (Å²) >= 11 is 0. The zero-order chi connectivity index (χ0) is 15.4. The van der Waals surface area contributed by atoms with E-state index < -0.39 is 5.54 Å². The molecule has 0 aromatic carbocycles. The van der Waals surface area contributed by atoms with Crippen molar-refractivity contribution in [1.29, 1.82) is 0 Å². The molecule has 0 bridgehead atoms. The maximum absolute atomic E-state index is 12.4. The van der Waals surface area contributed by atoms with E-state index in [1.165, 1.54) is 0 Å². The number of carbonyl (C=O) groups excluding carboxylic acids is 1. The largest absolute Gasteiger partial charge is 0.322 e. The smallest absolute Gasteiger partial charge is 0.244 e. The van der Waals surface area contributed by atoms with Gasteiger partial charge in [0.1, 0.15) is 0 Å². The van der Waals surface area contributed by atoms with Crippen molar-refractivity contribution in [3.63, 3.8) is 0 Å². The lowest BCUT2D eigenvalue weighted by atomic mass is 9.82. The van der Waals surface area contributed by atoms with Crippen LogP contribution in [0.25, 0.3) is 0 Å². The van der Waals surface area contributed by atoms with E-state index in [0.29, 0.717) is 12.2 Å². The molecule has 0 spiro atoms. The van der Waals surface area contributed by atoms with Crippen molar-refractivity contribution in [3.8, 4) is 0 Å². The summed E-state index contributed by atoms with van der Waals surface area (Å²) in [6.07, 6.45) is 11.7. The summed E-state index contributed by atoms with van der Waals surface area (Å²) in [5.41, 5.74) is 7.30. The van der Waals surface area contributed by atoms with Crippen LogP contribution in [-0.2, 0) is 11.3 Å². The van der Waals surface area contributed by atoms with Gasteiger partial charge in [0.15, 0.2) is 0 Å². The van der Waals surface area contributed by atoms with Gasteiger partial charge in [-0.05, 0) is 30.5 Å². The third kappa shape index (κ3) is 4.93. The lowest BCUT2D eigenvalue weighted by Crippen LogP contribution is -2.52. The fraction of sp³-hybridized carbons (Fsp3) is 0.438. The van der Waals surface area contributed by atoms with Gasteiger partial charge in [0.2, 0.25) is 5.91 Å². The van der Waals surface area contributed by atoms with E-state index >= 15 is 0 Å². The molecular formula is C16H23Cl2N5O. The Morgan fingerprint density at radius 1 is 1.21 bits per heavy atom. The highest BCUT2D eigenvalue weighted by Crippen LogP contribution is 2.27. The average Bonchev–Trinajstić information content (AvgIpc) is 2.96. The number of carbonyl (C=O) groups is 1. The second-order valence-electron chi connectivity index (χ2n) is 5.95. The molecule has 0 atom stereocenters. The van der Waals surface area contributed by atoms with Gasteiger partial charge in [-0.1, -0.05) is 19.3 Å². The predicted molar refractivity (Wildman–Crippen MR) is 98.7 cm³/mol. The van der Waals surface area contributed by atoms with Crippen molar-refractivity contribution >= 4 is 36.4 Å². The van der Waals surface area contributed by atoms with E-state index in [1.54, 1.807) is 23.3 Å². The minimum atomic E-state index is -0.731. The first-order valence-corrected chi connectivity index (χ1v) is 7.67. The van der Waals surface area contributed by atoms with Crippen molar-refractivity contribution in [2.24, 2.45) is 5.73 Å². The van der Waals surface area contributed by atoms with Crippen LogP contribution in [0.4, 0.5) is 5.69 Å². The molecule has 132 valence electrons. The minimum absolute atomic E-state index is 0. The third-order valence-electron chi connectivity index (χ3n) is 4.18. The van der Waals surface area contributed by atoms with Gasteiger partial charge in [0, 0.05) is 18.6 Å². The van der Waals surface area contributed by atoms with Crippen molar-refractivity contribution < 1.29 is 4.79 Å². The number of rotatable bonds is 4. The topological polar surface area (TPSA) is 85.8 Å². The summed E-state index contributed by atoms with van der Waals surface area (Å²) < 4.78 is 1.79. The SMILES string of the molecule is Cl.Cl.NC1(C(=O)Nc2cnn(Cc3ccncc3)c2)CCCCC1. The molecule has 2 aromatic heterocycles. The summed E-state index contributed by atoms with van der Waals surface area (Å²) in [6.45, 7) is 0.645. The fourth-order valence-corrected chi connectivity index (χ4v) is 2.86. The number of aromatic nitrogens is 3. The lowest BCUT2D eigenvalue weighted by molar-refractivity contribution is -0.122. The number of anilines is 1. The minimum Gasteiger partial charge on any atom is -0.322 e. The van der Waals surface area contributed by atoms with Crippen LogP contribution in [0.15, 0.2) is 36.9 Å². The number of pyridine rings is 1. The Kier molecular flexibility index (Phi) is 7.66. The van der Waals surface area contributed by atoms with Crippen LogP contribution in [0.5, 0.6) is 0 Å². The molecule has 1 amide bonds. The first-order chi connectivity index (χ1) is 10.7. The Balaban J connectivity index is 0.00000144. The highest BCUT2D eigenvalue weighted by molar-refractivity contribution is 5.97. The van der Waals surface area contributed by atoms with E-state index in [-0.39, 0.29) is 30.7 Å². The van der Waals surface area contributed by atoms with Gasteiger partial charge in [0.25, 0.3) is 0 Å². The summed E-state index contributed by atoms with van der Waals surface area (Å²) in [7, 11) is 0. The van der Waals surface area contributed by atoms with E-state index in [9.17, 15) is 4.79 Å². The molecule has 0 saturated heterocycles. The van der Waals surface area contributed by atoms with Crippen LogP contribution >= 0.6 is 24.8 Å². The number of hydrogen-bond donors (Lipinski definition) is 2. The zero-order valence-electron chi connectivity index (χ0n) is 13.4. The molecule has 6 nitrogen and oxygen atoms in total. The van der Waals surface area contributed by atoms with Crippen LogP contribution in [0.1, 0.15) is 37.7 Å². The summed E-state index contributed by atoms with van der Waals surface area (Å²) in [5, 5.41) is 7.17. The third-order valence-corrected chi connectivity index (χ3v) is 4.18. The number of nitrogens with one attached hydrogen (secondary N) is 1. The van der Waals surface area contributed by atoms with E-state index in [4.69, 9.17) is 5.73 Å². The first-order valence-electron chi connectivity index (χ1n) is 7.67. The second-order valence-corrected chi connectivity index (χ2v) is 5.95.